The van der Waals surface area contributed by atoms with Crippen molar-refractivity contribution in [1.29, 1.82) is 0 Å². The van der Waals surface area contributed by atoms with Gasteiger partial charge in [-0.25, -0.2) is 0 Å². The molecule has 0 amide bonds. The van der Waals surface area contributed by atoms with E-state index in [1.165, 1.54) is 36.1 Å². The third-order valence-corrected chi connectivity index (χ3v) is 3.45. The Balaban J connectivity index is 2.02. The van der Waals surface area contributed by atoms with Crippen LogP contribution in [0.4, 0.5) is 0 Å². The van der Waals surface area contributed by atoms with E-state index in [-0.39, 0.29) is 0 Å². The molecule has 0 atom stereocenters. The fraction of sp³-hybridized carbons (Fsp3) is 0.467. The minimum Gasteiger partial charge on any atom is -0.361 e. The fourth-order valence-electron chi connectivity index (χ4n) is 2.12. The molecule has 1 aliphatic carbocycles. The summed E-state index contributed by atoms with van der Waals surface area (Å²) in [6, 6.07) is 0.734. The monoisotopic (exact) mass is 230 g/mol. The van der Waals surface area contributed by atoms with Gasteiger partial charge in [-0.1, -0.05) is 32.1 Å². The van der Waals surface area contributed by atoms with Gasteiger partial charge in [0, 0.05) is 30.0 Å². The first-order valence-corrected chi connectivity index (χ1v) is 6.57. The Labute approximate surface area is 104 Å². The molecular formula is C15H22N2. The Hall–Kier alpha value is -1.28. The van der Waals surface area contributed by atoms with Gasteiger partial charge in [0.2, 0.25) is 0 Å². The van der Waals surface area contributed by atoms with E-state index in [0.29, 0.717) is 0 Å². The number of hydrogen-bond donors (Lipinski definition) is 2. The normalized spacial score (nSPS) is 16.3. The van der Waals surface area contributed by atoms with E-state index in [1.54, 1.807) is 0 Å². The number of aromatic amines is 1. The summed E-state index contributed by atoms with van der Waals surface area (Å²) in [4.78, 5) is 3.32. The van der Waals surface area contributed by atoms with Crippen LogP contribution in [-0.2, 0) is 6.54 Å². The van der Waals surface area contributed by atoms with Gasteiger partial charge in [-0.05, 0) is 30.9 Å². The molecule has 2 heteroatoms. The number of H-pyrrole nitrogens is 1. The second-order valence-corrected chi connectivity index (χ2v) is 4.66. The lowest BCUT2D eigenvalue weighted by atomic mass is 9.93. The zero-order valence-corrected chi connectivity index (χ0v) is 10.6. The van der Waals surface area contributed by atoms with Crippen molar-refractivity contribution in [2.75, 3.05) is 0 Å². The molecule has 0 saturated heterocycles. The number of aromatic nitrogens is 1. The van der Waals surface area contributed by atoms with Crippen molar-refractivity contribution in [2.45, 2.75) is 45.2 Å². The predicted octanol–water partition coefficient (Wildman–Crippen LogP) is 3.72. The predicted molar refractivity (Wildman–Crippen MR) is 74.7 cm³/mol. The summed E-state index contributed by atoms with van der Waals surface area (Å²) in [5, 5.41) is 3.59. The van der Waals surface area contributed by atoms with Gasteiger partial charge in [0.15, 0.2) is 0 Å². The Morgan fingerprint density at radius 1 is 1.53 bits per heavy atom. The van der Waals surface area contributed by atoms with Crippen molar-refractivity contribution in [3.8, 4) is 0 Å². The molecule has 1 aromatic rings. The van der Waals surface area contributed by atoms with Crippen molar-refractivity contribution in [3.05, 3.63) is 35.7 Å². The molecule has 0 radical (unpaired) electrons. The average Bonchev–Trinajstić information content (AvgIpc) is 2.66. The highest BCUT2D eigenvalue weighted by Crippen LogP contribution is 2.21. The second kappa shape index (κ2) is 5.87. The lowest BCUT2D eigenvalue weighted by Gasteiger charge is -2.26. The Morgan fingerprint density at radius 3 is 2.94 bits per heavy atom. The lowest BCUT2D eigenvalue weighted by molar-refractivity contribution is 0.338. The molecule has 17 heavy (non-hydrogen) atoms. The van der Waals surface area contributed by atoms with Gasteiger partial charge in [-0.2, -0.15) is 0 Å². The molecular weight excluding hydrogens is 208 g/mol. The van der Waals surface area contributed by atoms with Gasteiger partial charge in [-0.15, -0.1) is 0 Å². The van der Waals surface area contributed by atoms with Gasteiger partial charge in [0.1, 0.15) is 0 Å². The topological polar surface area (TPSA) is 27.8 Å². The van der Waals surface area contributed by atoms with Crippen LogP contribution >= 0.6 is 0 Å². The summed E-state index contributed by atoms with van der Waals surface area (Å²) in [5.41, 5.74) is 3.73. The smallest absolute Gasteiger partial charge is 0.0453 e. The summed E-state index contributed by atoms with van der Waals surface area (Å²) in [6.07, 6.45) is 13.5. The highest BCUT2D eigenvalue weighted by atomic mass is 14.9. The van der Waals surface area contributed by atoms with E-state index in [1.807, 2.05) is 6.08 Å². The molecule has 2 N–H and O–H groups in total. The largest absolute Gasteiger partial charge is 0.361 e. The quantitative estimate of drug-likeness (QED) is 0.766. The van der Waals surface area contributed by atoms with E-state index in [0.717, 1.165) is 19.0 Å². The Morgan fingerprint density at radius 2 is 2.35 bits per heavy atom. The number of allylic oxidation sites excluding steroid dienone is 1. The zero-order chi connectivity index (χ0) is 12.1. The van der Waals surface area contributed by atoms with E-state index in [9.17, 15) is 0 Å². The van der Waals surface area contributed by atoms with Crippen molar-refractivity contribution < 1.29 is 0 Å². The first-order chi connectivity index (χ1) is 8.35. The van der Waals surface area contributed by atoms with Crippen LogP contribution in [0, 0.1) is 0 Å². The third kappa shape index (κ3) is 2.89. The van der Waals surface area contributed by atoms with Crippen LogP contribution in [0.1, 0.15) is 49.4 Å². The molecule has 1 saturated carbocycles. The van der Waals surface area contributed by atoms with Crippen LogP contribution in [0.2, 0.25) is 0 Å². The Kier molecular flexibility index (Phi) is 4.21. The van der Waals surface area contributed by atoms with Crippen molar-refractivity contribution in [1.82, 2.24) is 10.3 Å². The number of nitrogens with one attached hydrogen (secondary N) is 2. The molecule has 2 rings (SSSR count). The molecule has 1 aromatic heterocycles. The maximum atomic E-state index is 3.91. The summed E-state index contributed by atoms with van der Waals surface area (Å²) >= 11 is 0. The van der Waals surface area contributed by atoms with E-state index in [4.69, 9.17) is 0 Å². The van der Waals surface area contributed by atoms with E-state index < -0.39 is 0 Å². The summed E-state index contributed by atoms with van der Waals surface area (Å²) in [7, 11) is 0. The average molecular weight is 230 g/mol. The number of rotatable bonds is 6. The highest BCUT2D eigenvalue weighted by Gasteiger charge is 2.17. The van der Waals surface area contributed by atoms with Gasteiger partial charge >= 0.3 is 0 Å². The Bertz CT molecular complexity index is 397. The molecule has 0 bridgehead atoms. The van der Waals surface area contributed by atoms with Gasteiger partial charge in [0.05, 0.1) is 0 Å². The molecule has 1 fully saturated rings. The zero-order valence-electron chi connectivity index (χ0n) is 10.6. The first-order valence-electron chi connectivity index (χ1n) is 6.57. The molecule has 1 aliphatic rings. The molecule has 92 valence electrons. The summed E-state index contributed by atoms with van der Waals surface area (Å²) in [6.45, 7) is 7.00. The molecule has 0 aromatic carbocycles. The number of hydrogen-bond acceptors (Lipinski definition) is 1. The van der Waals surface area contributed by atoms with Gasteiger partial charge < -0.3 is 10.3 Å². The van der Waals surface area contributed by atoms with Crippen molar-refractivity contribution >= 4 is 12.2 Å². The maximum absolute atomic E-state index is 3.91. The van der Waals surface area contributed by atoms with Gasteiger partial charge in [-0.3, -0.25) is 0 Å². The van der Waals surface area contributed by atoms with Crippen LogP contribution in [-0.4, -0.2) is 11.0 Å². The second-order valence-electron chi connectivity index (χ2n) is 4.66. The maximum Gasteiger partial charge on any atom is 0.0453 e. The van der Waals surface area contributed by atoms with Gasteiger partial charge in [0.25, 0.3) is 0 Å². The highest BCUT2D eigenvalue weighted by molar-refractivity contribution is 5.65. The van der Waals surface area contributed by atoms with Crippen molar-refractivity contribution in [2.24, 2.45) is 0 Å². The third-order valence-electron chi connectivity index (χ3n) is 3.45. The van der Waals surface area contributed by atoms with Crippen molar-refractivity contribution in [3.63, 3.8) is 0 Å². The molecule has 0 unspecified atom stereocenters. The molecule has 0 spiro atoms. The molecule has 2 nitrogen and oxygen atoms in total. The summed E-state index contributed by atoms with van der Waals surface area (Å²) < 4.78 is 0. The summed E-state index contributed by atoms with van der Waals surface area (Å²) in [5.74, 6) is 0. The minimum absolute atomic E-state index is 0.734. The first kappa shape index (κ1) is 12.2. The molecule has 1 heterocycles. The SMILES string of the molecule is C=Cc1c(CNC2CCC2)c[nH]c1/C=C\CC. The van der Waals surface area contributed by atoms with Crippen LogP contribution in [0.15, 0.2) is 18.9 Å². The van der Waals surface area contributed by atoms with E-state index in [2.05, 4.69) is 42.2 Å². The minimum atomic E-state index is 0.734. The van der Waals surface area contributed by atoms with Crippen LogP contribution < -0.4 is 5.32 Å². The fourth-order valence-corrected chi connectivity index (χ4v) is 2.12. The van der Waals surface area contributed by atoms with Crippen LogP contribution in [0.25, 0.3) is 12.2 Å². The lowest BCUT2D eigenvalue weighted by Crippen LogP contribution is -2.34. The van der Waals surface area contributed by atoms with Crippen LogP contribution in [0.5, 0.6) is 0 Å². The standard InChI is InChI=1S/C15H22N2/c1-3-5-9-15-14(4-2)12(11-17-15)10-16-13-7-6-8-13/h4-5,9,11,13,16-17H,2-3,6-8,10H2,1H3/b9-5-. The molecule has 0 aliphatic heterocycles. The van der Waals surface area contributed by atoms with Crippen LogP contribution in [0.3, 0.4) is 0 Å². The van der Waals surface area contributed by atoms with E-state index >= 15 is 0 Å².